The number of rotatable bonds is 4. The Kier molecular flexibility index (Phi) is 6.54. The molecule has 30 heavy (non-hydrogen) atoms. The zero-order chi connectivity index (χ0) is 22.9. The van der Waals surface area contributed by atoms with Crippen LogP contribution < -0.4 is 0 Å². The van der Waals surface area contributed by atoms with E-state index in [1.165, 1.54) is 20.8 Å². The summed E-state index contributed by atoms with van der Waals surface area (Å²) in [5.41, 5.74) is -1.33. The predicted molar refractivity (Wildman–Crippen MR) is 105 cm³/mol. The van der Waals surface area contributed by atoms with Gasteiger partial charge in [-0.2, -0.15) is 0 Å². The van der Waals surface area contributed by atoms with Crippen molar-refractivity contribution in [1.82, 2.24) is 9.80 Å². The van der Waals surface area contributed by atoms with Gasteiger partial charge < -0.3 is 9.47 Å². The van der Waals surface area contributed by atoms with Gasteiger partial charge in [0.1, 0.15) is 17.2 Å². The fraction of sp³-hybridized carbons (Fsp3) is 0.524. The van der Waals surface area contributed by atoms with Crippen LogP contribution in [0, 0.1) is 0 Å². The Balaban J connectivity index is 2.37. The number of halogens is 1. The fourth-order valence-electron chi connectivity index (χ4n) is 2.81. The van der Waals surface area contributed by atoms with Crippen LogP contribution in [-0.4, -0.2) is 57.3 Å². The van der Waals surface area contributed by atoms with Gasteiger partial charge in [-0.1, -0.05) is 30.3 Å². The molecule has 2 atom stereocenters. The van der Waals surface area contributed by atoms with Crippen LogP contribution in [0.25, 0.3) is 0 Å². The maximum atomic E-state index is 14.9. The Morgan fingerprint density at radius 3 is 2.03 bits per heavy atom. The van der Waals surface area contributed by atoms with Gasteiger partial charge in [0.05, 0.1) is 0 Å². The number of urea groups is 1. The lowest BCUT2D eigenvalue weighted by molar-refractivity contribution is -0.169. The van der Waals surface area contributed by atoms with Gasteiger partial charge in [-0.25, -0.2) is 28.6 Å². The van der Waals surface area contributed by atoms with E-state index < -0.39 is 47.5 Å². The lowest BCUT2D eigenvalue weighted by Gasteiger charge is -2.26. The molecule has 0 radical (unpaired) electrons. The molecule has 1 fully saturated rings. The number of carbonyl (C=O) groups excluding carboxylic acids is 4. The van der Waals surface area contributed by atoms with Crippen LogP contribution in [0.5, 0.6) is 0 Å². The van der Waals surface area contributed by atoms with Crippen LogP contribution >= 0.6 is 0 Å². The van der Waals surface area contributed by atoms with Crippen molar-refractivity contribution in [2.75, 3.05) is 0 Å². The molecule has 164 valence electrons. The van der Waals surface area contributed by atoms with E-state index in [9.17, 15) is 23.6 Å². The number of alkyl halides is 1. The number of benzene rings is 1. The molecule has 1 aliphatic rings. The monoisotopic (exact) mass is 422 g/mol. The second-order valence-corrected chi connectivity index (χ2v) is 8.92. The molecule has 4 amide bonds. The van der Waals surface area contributed by atoms with Gasteiger partial charge in [-0.15, -0.1) is 0 Å². The van der Waals surface area contributed by atoms with Crippen molar-refractivity contribution in [3.05, 3.63) is 35.9 Å². The van der Waals surface area contributed by atoms with Gasteiger partial charge in [-0.3, -0.25) is 4.79 Å². The normalized spacial score (nSPS) is 18.4. The van der Waals surface area contributed by atoms with Gasteiger partial charge in [0, 0.05) is 6.42 Å². The second kappa shape index (κ2) is 8.41. The number of nitrogens with zero attached hydrogens (tertiary/aromatic N) is 2. The molecule has 0 bridgehead atoms. The second-order valence-electron chi connectivity index (χ2n) is 8.92. The summed E-state index contributed by atoms with van der Waals surface area (Å²) in [4.78, 5) is 51.2. The Bertz CT molecular complexity index is 828. The highest BCUT2D eigenvalue weighted by molar-refractivity contribution is 6.12. The number of hydrogen-bond acceptors (Lipinski definition) is 6. The number of amides is 4. The molecule has 1 aromatic rings. The topological polar surface area (TPSA) is 93.2 Å². The van der Waals surface area contributed by atoms with Crippen molar-refractivity contribution < 1.29 is 33.0 Å². The molecular weight excluding hydrogens is 395 g/mol. The van der Waals surface area contributed by atoms with Gasteiger partial charge in [0.2, 0.25) is 0 Å². The highest BCUT2D eigenvalue weighted by atomic mass is 19.1. The number of imide groups is 2. The maximum absolute atomic E-state index is 14.9. The van der Waals surface area contributed by atoms with Gasteiger partial charge >= 0.3 is 18.1 Å². The summed E-state index contributed by atoms with van der Waals surface area (Å²) in [6.07, 6.45) is -3.84. The first-order valence-corrected chi connectivity index (χ1v) is 9.51. The minimum atomic E-state index is -2.69. The van der Waals surface area contributed by atoms with Crippen molar-refractivity contribution in [3.63, 3.8) is 0 Å². The summed E-state index contributed by atoms with van der Waals surface area (Å²) in [6, 6.07) is 6.01. The van der Waals surface area contributed by atoms with Crippen LogP contribution in [0.3, 0.4) is 0 Å². The van der Waals surface area contributed by atoms with E-state index >= 15 is 0 Å². The largest absolute Gasteiger partial charge is 0.456 e. The molecule has 0 spiro atoms. The molecule has 0 aliphatic carbocycles. The Morgan fingerprint density at radius 1 is 1.00 bits per heavy atom. The number of carbonyl (C=O) groups is 4. The first-order chi connectivity index (χ1) is 13.7. The van der Waals surface area contributed by atoms with Crippen LogP contribution in [0.4, 0.5) is 14.0 Å². The zero-order valence-corrected chi connectivity index (χ0v) is 18.0. The summed E-state index contributed by atoms with van der Waals surface area (Å²) < 4.78 is 25.0. The maximum Gasteiger partial charge on any atom is 0.419 e. The fourth-order valence-corrected chi connectivity index (χ4v) is 2.81. The van der Waals surface area contributed by atoms with Crippen molar-refractivity contribution >= 4 is 24.0 Å². The van der Waals surface area contributed by atoms with E-state index in [4.69, 9.17) is 9.47 Å². The molecule has 2 unspecified atom stereocenters. The third-order valence-corrected chi connectivity index (χ3v) is 3.94. The van der Waals surface area contributed by atoms with E-state index in [2.05, 4.69) is 0 Å². The SMILES string of the molecule is CC(C)(C)OC(=O)C(F)N1C(=O)C(Cc2ccccc2)N(C(=O)OC(C)(C)C)C1=O. The average Bonchev–Trinajstić information content (AvgIpc) is 2.82. The Morgan fingerprint density at radius 2 is 1.53 bits per heavy atom. The summed E-state index contributed by atoms with van der Waals surface area (Å²) in [5.74, 6) is -2.42. The molecule has 2 rings (SSSR count). The average molecular weight is 422 g/mol. The number of esters is 1. The number of hydrogen-bond donors (Lipinski definition) is 0. The van der Waals surface area contributed by atoms with E-state index in [-0.39, 0.29) is 11.3 Å². The predicted octanol–water partition coefficient (Wildman–Crippen LogP) is 3.43. The first-order valence-electron chi connectivity index (χ1n) is 9.51. The van der Waals surface area contributed by atoms with E-state index in [1.807, 2.05) is 0 Å². The van der Waals surface area contributed by atoms with E-state index in [0.29, 0.717) is 10.5 Å². The quantitative estimate of drug-likeness (QED) is 0.419. The van der Waals surface area contributed by atoms with Gasteiger partial charge in [-0.05, 0) is 47.1 Å². The molecule has 0 aromatic heterocycles. The summed E-state index contributed by atoms with van der Waals surface area (Å²) in [6.45, 7) is 9.35. The third-order valence-electron chi connectivity index (χ3n) is 3.94. The molecule has 1 aliphatic heterocycles. The lowest BCUT2D eigenvalue weighted by Crippen LogP contribution is -2.47. The third kappa shape index (κ3) is 5.55. The molecule has 8 nitrogen and oxygen atoms in total. The molecule has 1 heterocycles. The van der Waals surface area contributed by atoms with Crippen LogP contribution in [0.1, 0.15) is 47.1 Å². The smallest absolute Gasteiger partial charge is 0.419 e. The molecular formula is C21H27FN2O6. The molecule has 1 aromatic carbocycles. The highest BCUT2D eigenvalue weighted by Crippen LogP contribution is 2.27. The Hall–Kier alpha value is -2.97. The standard InChI is InChI=1S/C21H27FN2O6/c1-20(2,3)29-17(26)15(22)24-16(25)14(12-13-10-8-7-9-11-13)23(18(24)27)19(28)30-21(4,5)6/h7-11,14-15H,12H2,1-6H3. The van der Waals surface area contributed by atoms with E-state index in [1.54, 1.807) is 51.1 Å². The van der Waals surface area contributed by atoms with Crippen molar-refractivity contribution in [2.24, 2.45) is 0 Å². The van der Waals surface area contributed by atoms with Gasteiger partial charge in [0.25, 0.3) is 12.2 Å². The summed E-state index contributed by atoms with van der Waals surface area (Å²) in [7, 11) is 0. The van der Waals surface area contributed by atoms with Crippen molar-refractivity contribution in [1.29, 1.82) is 0 Å². The zero-order valence-electron chi connectivity index (χ0n) is 18.0. The van der Waals surface area contributed by atoms with Crippen molar-refractivity contribution in [3.8, 4) is 0 Å². The molecule has 9 heteroatoms. The van der Waals surface area contributed by atoms with Gasteiger partial charge in [0.15, 0.2) is 0 Å². The van der Waals surface area contributed by atoms with E-state index in [0.717, 1.165) is 0 Å². The minimum Gasteiger partial charge on any atom is -0.456 e. The molecule has 1 saturated heterocycles. The van der Waals surface area contributed by atoms with Crippen LogP contribution in [-0.2, 0) is 25.5 Å². The summed E-state index contributed by atoms with van der Waals surface area (Å²) >= 11 is 0. The molecule has 0 N–H and O–H groups in total. The minimum absolute atomic E-state index is 0.0534. The van der Waals surface area contributed by atoms with Crippen molar-refractivity contribution in [2.45, 2.75) is 71.5 Å². The first kappa shape index (κ1) is 23.3. The number of ether oxygens (including phenoxy) is 2. The van der Waals surface area contributed by atoms with Crippen LogP contribution in [0.2, 0.25) is 0 Å². The van der Waals surface area contributed by atoms with Crippen LogP contribution in [0.15, 0.2) is 30.3 Å². The molecule has 0 saturated carbocycles. The highest BCUT2D eigenvalue weighted by Gasteiger charge is 2.54. The Labute approximate surface area is 174 Å². The summed E-state index contributed by atoms with van der Waals surface area (Å²) in [5, 5.41) is 0. The lowest BCUT2D eigenvalue weighted by atomic mass is 10.1.